The van der Waals surface area contributed by atoms with Crippen molar-refractivity contribution in [2.75, 3.05) is 33.4 Å². The smallest absolute Gasteiger partial charge is 0.234 e. The van der Waals surface area contributed by atoms with Crippen molar-refractivity contribution in [3.8, 4) is 0 Å². The van der Waals surface area contributed by atoms with Gasteiger partial charge in [0.2, 0.25) is 5.91 Å². The normalized spacial score (nSPS) is 18.8. The number of nitrogens with zero attached hydrogens (tertiary/aromatic N) is 1. The van der Waals surface area contributed by atoms with Crippen LogP contribution in [0.25, 0.3) is 0 Å². The van der Waals surface area contributed by atoms with Crippen molar-refractivity contribution in [1.82, 2.24) is 10.2 Å². The number of ether oxygens (including phenoxy) is 1. The molecule has 112 valence electrons. The zero-order valence-electron chi connectivity index (χ0n) is 12.4. The van der Waals surface area contributed by atoms with Crippen LogP contribution in [0.2, 0.25) is 0 Å². The molecule has 5 nitrogen and oxygen atoms in total. The molecule has 1 heterocycles. The molecule has 1 saturated heterocycles. The summed E-state index contributed by atoms with van der Waals surface area (Å²) in [5, 5.41) is 13.4. The molecule has 0 aromatic heterocycles. The van der Waals surface area contributed by atoms with Crippen LogP contribution in [-0.2, 0) is 9.53 Å². The van der Waals surface area contributed by atoms with Crippen LogP contribution in [0.4, 0.5) is 0 Å². The molecule has 19 heavy (non-hydrogen) atoms. The highest BCUT2D eigenvalue weighted by molar-refractivity contribution is 5.78. The summed E-state index contributed by atoms with van der Waals surface area (Å²) in [7, 11) is 1.87. The van der Waals surface area contributed by atoms with Gasteiger partial charge in [-0.3, -0.25) is 9.69 Å². The van der Waals surface area contributed by atoms with Gasteiger partial charge in [0, 0.05) is 38.6 Å². The van der Waals surface area contributed by atoms with Crippen molar-refractivity contribution in [3.63, 3.8) is 0 Å². The first kappa shape index (κ1) is 16.4. The van der Waals surface area contributed by atoms with Gasteiger partial charge >= 0.3 is 0 Å². The molecule has 1 rings (SSSR count). The second kappa shape index (κ2) is 7.82. The molecule has 0 aliphatic carbocycles. The van der Waals surface area contributed by atoms with Crippen LogP contribution in [0.3, 0.4) is 0 Å². The highest BCUT2D eigenvalue weighted by Gasteiger charge is 2.31. The molecule has 0 aromatic rings. The highest BCUT2D eigenvalue weighted by atomic mass is 16.5. The van der Waals surface area contributed by atoms with Crippen LogP contribution < -0.4 is 5.32 Å². The first-order valence-corrected chi connectivity index (χ1v) is 7.27. The number of amides is 1. The molecular weight excluding hydrogens is 244 g/mol. The van der Waals surface area contributed by atoms with Gasteiger partial charge in [0.05, 0.1) is 12.1 Å². The highest BCUT2D eigenvalue weighted by Crippen LogP contribution is 2.21. The molecule has 0 bridgehead atoms. The van der Waals surface area contributed by atoms with Gasteiger partial charge in [0.1, 0.15) is 0 Å². The first-order valence-electron chi connectivity index (χ1n) is 7.27. The summed E-state index contributed by atoms with van der Waals surface area (Å²) in [4.78, 5) is 13.8. The van der Waals surface area contributed by atoms with Crippen molar-refractivity contribution >= 4 is 5.91 Å². The fraction of sp³-hybridized carbons (Fsp3) is 0.929. The Labute approximate surface area is 116 Å². The summed E-state index contributed by atoms with van der Waals surface area (Å²) in [6.45, 7) is 6.20. The van der Waals surface area contributed by atoms with Gasteiger partial charge in [0.25, 0.3) is 0 Å². The molecule has 0 unspecified atom stereocenters. The molecule has 0 saturated carbocycles. The van der Waals surface area contributed by atoms with Gasteiger partial charge in [-0.2, -0.15) is 0 Å². The third kappa shape index (κ3) is 5.89. The molecule has 1 aliphatic heterocycles. The van der Waals surface area contributed by atoms with Crippen LogP contribution in [0, 0.1) is 0 Å². The van der Waals surface area contributed by atoms with Gasteiger partial charge in [-0.1, -0.05) is 13.8 Å². The summed E-state index contributed by atoms with van der Waals surface area (Å²) in [6.07, 6.45) is 3.19. The van der Waals surface area contributed by atoms with E-state index < -0.39 is 5.60 Å². The Morgan fingerprint density at radius 3 is 2.47 bits per heavy atom. The minimum absolute atomic E-state index is 0.0341. The lowest BCUT2D eigenvalue weighted by molar-refractivity contribution is -0.124. The molecule has 0 aromatic carbocycles. The zero-order valence-corrected chi connectivity index (χ0v) is 12.4. The number of rotatable bonds is 7. The first-order chi connectivity index (χ1) is 8.99. The monoisotopic (exact) mass is 272 g/mol. The number of carbonyl (C=O) groups excluding carboxylic acids is 1. The van der Waals surface area contributed by atoms with E-state index in [9.17, 15) is 9.90 Å². The zero-order chi connectivity index (χ0) is 14.3. The van der Waals surface area contributed by atoms with Gasteiger partial charge in [-0.25, -0.2) is 0 Å². The average Bonchev–Trinajstić information content (AvgIpc) is 2.35. The van der Waals surface area contributed by atoms with E-state index in [1.165, 1.54) is 0 Å². The summed E-state index contributed by atoms with van der Waals surface area (Å²) < 4.78 is 5.25. The van der Waals surface area contributed by atoms with E-state index in [-0.39, 0.29) is 11.9 Å². The average molecular weight is 272 g/mol. The van der Waals surface area contributed by atoms with Crippen LogP contribution in [0.5, 0.6) is 0 Å². The lowest BCUT2D eigenvalue weighted by atomic mass is 9.94. The van der Waals surface area contributed by atoms with E-state index in [1.807, 2.05) is 11.9 Å². The Bertz CT molecular complexity index is 274. The fourth-order valence-corrected chi connectivity index (χ4v) is 2.48. The minimum Gasteiger partial charge on any atom is -0.388 e. The van der Waals surface area contributed by atoms with E-state index in [2.05, 4.69) is 19.2 Å². The van der Waals surface area contributed by atoms with E-state index in [1.54, 1.807) is 0 Å². The van der Waals surface area contributed by atoms with Crippen molar-refractivity contribution in [2.24, 2.45) is 0 Å². The Kier molecular flexibility index (Phi) is 6.75. The van der Waals surface area contributed by atoms with Crippen molar-refractivity contribution in [2.45, 2.75) is 51.2 Å². The fourth-order valence-electron chi connectivity index (χ4n) is 2.48. The van der Waals surface area contributed by atoms with Crippen LogP contribution in [-0.4, -0.2) is 60.9 Å². The predicted octanol–water partition coefficient (Wildman–Crippen LogP) is 0.764. The number of hydrogen-bond donors (Lipinski definition) is 2. The molecule has 0 atom stereocenters. The maximum absolute atomic E-state index is 11.9. The van der Waals surface area contributed by atoms with E-state index in [4.69, 9.17) is 4.74 Å². The third-order valence-electron chi connectivity index (χ3n) is 3.75. The number of hydrogen-bond acceptors (Lipinski definition) is 4. The lowest BCUT2D eigenvalue weighted by Crippen LogP contribution is -2.48. The number of aliphatic hydroxyl groups is 1. The van der Waals surface area contributed by atoms with E-state index >= 15 is 0 Å². The largest absolute Gasteiger partial charge is 0.388 e. The maximum Gasteiger partial charge on any atom is 0.234 e. The molecule has 1 fully saturated rings. The topological polar surface area (TPSA) is 61.8 Å². The second-order valence-electron chi connectivity index (χ2n) is 5.59. The SMILES string of the molecule is CCC(CC)NC(=O)CN(C)CC1(O)CCOCC1. The Balaban J connectivity index is 2.33. The molecule has 1 aliphatic rings. The molecule has 0 radical (unpaired) electrons. The van der Waals surface area contributed by atoms with Gasteiger partial charge in [-0.15, -0.1) is 0 Å². The third-order valence-corrected chi connectivity index (χ3v) is 3.75. The number of nitrogens with one attached hydrogen (secondary N) is 1. The molecule has 5 heteroatoms. The van der Waals surface area contributed by atoms with Gasteiger partial charge in [-0.05, 0) is 19.9 Å². The molecule has 0 spiro atoms. The number of likely N-dealkylation sites (N-methyl/N-ethyl adjacent to an activating group) is 1. The van der Waals surface area contributed by atoms with Crippen LogP contribution in [0.1, 0.15) is 39.5 Å². The standard InChI is InChI=1S/C14H28N2O3/c1-4-12(5-2)15-13(17)10-16(3)11-14(18)6-8-19-9-7-14/h12,18H,4-11H2,1-3H3,(H,15,17). The maximum atomic E-state index is 11.9. The van der Waals surface area contributed by atoms with Crippen molar-refractivity contribution in [1.29, 1.82) is 0 Å². The van der Waals surface area contributed by atoms with E-state index in [0.717, 1.165) is 12.8 Å². The quantitative estimate of drug-likeness (QED) is 0.718. The van der Waals surface area contributed by atoms with Gasteiger partial charge in [0.15, 0.2) is 0 Å². The Morgan fingerprint density at radius 2 is 1.95 bits per heavy atom. The van der Waals surface area contributed by atoms with Crippen molar-refractivity contribution < 1.29 is 14.6 Å². The Hall–Kier alpha value is -0.650. The second-order valence-corrected chi connectivity index (χ2v) is 5.59. The summed E-state index contributed by atoms with van der Waals surface area (Å²) in [5.74, 6) is 0.0341. The summed E-state index contributed by atoms with van der Waals surface area (Å²) >= 11 is 0. The van der Waals surface area contributed by atoms with E-state index in [0.29, 0.717) is 39.1 Å². The summed E-state index contributed by atoms with van der Waals surface area (Å²) in [6, 6.07) is 0.257. The van der Waals surface area contributed by atoms with Crippen molar-refractivity contribution in [3.05, 3.63) is 0 Å². The summed E-state index contributed by atoms with van der Waals surface area (Å²) in [5.41, 5.74) is -0.706. The van der Waals surface area contributed by atoms with Gasteiger partial charge < -0.3 is 15.2 Å². The molecular formula is C14H28N2O3. The minimum atomic E-state index is -0.706. The predicted molar refractivity (Wildman–Crippen MR) is 75.0 cm³/mol. The molecule has 1 amide bonds. The number of carbonyl (C=O) groups is 1. The van der Waals surface area contributed by atoms with Crippen LogP contribution >= 0.6 is 0 Å². The Morgan fingerprint density at radius 1 is 1.37 bits per heavy atom. The lowest BCUT2D eigenvalue weighted by Gasteiger charge is -2.35. The van der Waals surface area contributed by atoms with Crippen LogP contribution in [0.15, 0.2) is 0 Å². The molecule has 2 N–H and O–H groups in total.